The maximum Gasteiger partial charge on any atom is 0.136 e. The van der Waals surface area contributed by atoms with Crippen molar-refractivity contribution in [3.63, 3.8) is 0 Å². The zero-order valence-electron chi connectivity index (χ0n) is 8.30. The lowest BCUT2D eigenvalue weighted by Crippen LogP contribution is -2.32. The predicted molar refractivity (Wildman–Crippen MR) is 69.0 cm³/mol. The van der Waals surface area contributed by atoms with Gasteiger partial charge in [-0.1, -0.05) is 24.0 Å². The number of thioether (sulfide) groups is 1. The molecule has 1 fully saturated rings. The van der Waals surface area contributed by atoms with Crippen LogP contribution in [0.15, 0.2) is 0 Å². The number of rotatable bonds is 4. The van der Waals surface area contributed by atoms with Crippen LogP contribution in [0.3, 0.4) is 0 Å². The Balaban J connectivity index is 2.07. The fourth-order valence-electron chi connectivity index (χ4n) is 1.47. The van der Waals surface area contributed by atoms with Crippen LogP contribution in [0.1, 0.15) is 25.7 Å². The van der Waals surface area contributed by atoms with E-state index in [0.717, 1.165) is 36.1 Å². The number of hydrogen-bond acceptors (Lipinski definition) is 3. The van der Waals surface area contributed by atoms with Gasteiger partial charge in [0.05, 0.1) is 0 Å². The monoisotopic (exact) mass is 252 g/mol. The van der Waals surface area contributed by atoms with Crippen LogP contribution < -0.4 is 4.84 Å². The third-order valence-electron chi connectivity index (χ3n) is 2.26. The quantitative estimate of drug-likeness (QED) is 0.470. The maximum atomic E-state index is 5.36. The SMILES string of the molecule is S=C(SCCCNCl)N1CCCCC1. The van der Waals surface area contributed by atoms with Crippen LogP contribution in [-0.2, 0) is 0 Å². The van der Waals surface area contributed by atoms with E-state index in [1.807, 2.05) is 0 Å². The summed E-state index contributed by atoms with van der Waals surface area (Å²) in [7, 11) is 0. The lowest BCUT2D eigenvalue weighted by molar-refractivity contribution is 0.352. The summed E-state index contributed by atoms with van der Waals surface area (Å²) in [6.45, 7) is 3.16. The van der Waals surface area contributed by atoms with Gasteiger partial charge in [0, 0.05) is 25.4 Å². The van der Waals surface area contributed by atoms with Crippen LogP contribution in [0, 0.1) is 0 Å². The van der Waals surface area contributed by atoms with Crippen molar-refractivity contribution in [3.8, 4) is 0 Å². The third-order valence-corrected chi connectivity index (χ3v) is 4.05. The molecule has 1 heterocycles. The van der Waals surface area contributed by atoms with E-state index >= 15 is 0 Å². The van der Waals surface area contributed by atoms with Crippen LogP contribution in [0.2, 0.25) is 0 Å². The molecule has 0 bridgehead atoms. The number of likely N-dealkylation sites (tertiary alicyclic amines) is 1. The van der Waals surface area contributed by atoms with E-state index in [2.05, 4.69) is 9.74 Å². The highest BCUT2D eigenvalue weighted by molar-refractivity contribution is 8.22. The molecule has 1 saturated heterocycles. The first-order valence-electron chi connectivity index (χ1n) is 5.10. The van der Waals surface area contributed by atoms with Crippen molar-refractivity contribution in [2.24, 2.45) is 0 Å². The first kappa shape index (κ1) is 12.6. The molecule has 1 aliphatic rings. The summed E-state index contributed by atoms with van der Waals surface area (Å²) in [6.07, 6.45) is 5.02. The number of nitrogens with zero attached hydrogens (tertiary/aromatic N) is 1. The minimum atomic E-state index is 0.858. The lowest BCUT2D eigenvalue weighted by Gasteiger charge is -2.28. The second kappa shape index (κ2) is 7.74. The molecule has 1 rings (SSSR count). The highest BCUT2D eigenvalue weighted by Crippen LogP contribution is 2.16. The molecule has 0 aliphatic carbocycles. The van der Waals surface area contributed by atoms with E-state index in [1.165, 1.54) is 19.3 Å². The summed E-state index contributed by atoms with van der Waals surface area (Å²) < 4.78 is 1.07. The van der Waals surface area contributed by atoms with Crippen molar-refractivity contribution in [1.82, 2.24) is 9.74 Å². The highest BCUT2D eigenvalue weighted by Gasteiger charge is 2.12. The average molecular weight is 253 g/mol. The van der Waals surface area contributed by atoms with E-state index in [9.17, 15) is 0 Å². The molecular weight excluding hydrogens is 236 g/mol. The third kappa shape index (κ3) is 4.82. The minimum absolute atomic E-state index is 0.858. The number of thiocarbonyl (C=S) groups is 1. The molecule has 0 saturated carbocycles. The maximum absolute atomic E-state index is 5.36. The van der Waals surface area contributed by atoms with Crippen LogP contribution >= 0.6 is 35.8 Å². The summed E-state index contributed by atoms with van der Waals surface area (Å²) >= 11 is 12.5. The standard InChI is InChI=1S/C9H17ClN2S2/c10-11-5-4-8-14-9(13)12-6-2-1-3-7-12/h11H,1-8H2. The Morgan fingerprint density at radius 1 is 1.36 bits per heavy atom. The van der Waals surface area contributed by atoms with Crippen LogP contribution in [-0.4, -0.2) is 34.6 Å². The smallest absolute Gasteiger partial charge is 0.136 e. The molecule has 1 aliphatic heterocycles. The minimum Gasteiger partial charge on any atom is -0.358 e. The summed E-state index contributed by atoms with van der Waals surface area (Å²) in [5.74, 6) is 1.06. The van der Waals surface area contributed by atoms with Gasteiger partial charge in [-0.25, -0.2) is 4.84 Å². The van der Waals surface area contributed by atoms with Crippen LogP contribution in [0.5, 0.6) is 0 Å². The van der Waals surface area contributed by atoms with Crippen molar-refractivity contribution in [2.75, 3.05) is 25.4 Å². The van der Waals surface area contributed by atoms with Gasteiger partial charge >= 0.3 is 0 Å². The van der Waals surface area contributed by atoms with Gasteiger partial charge in [0.15, 0.2) is 0 Å². The van der Waals surface area contributed by atoms with Gasteiger partial charge < -0.3 is 4.90 Å². The summed E-state index contributed by atoms with van der Waals surface area (Å²) in [6, 6.07) is 0. The fourth-order valence-corrected chi connectivity index (χ4v) is 2.86. The largest absolute Gasteiger partial charge is 0.358 e. The second-order valence-corrected chi connectivity index (χ2v) is 5.40. The molecular formula is C9H17ClN2S2. The van der Waals surface area contributed by atoms with Gasteiger partial charge in [-0.05, 0) is 37.5 Å². The summed E-state index contributed by atoms with van der Waals surface area (Å²) in [4.78, 5) is 4.95. The number of halogens is 1. The molecule has 82 valence electrons. The Morgan fingerprint density at radius 2 is 2.07 bits per heavy atom. The molecule has 0 aromatic rings. The van der Waals surface area contributed by atoms with Gasteiger partial charge in [-0.3, -0.25) is 0 Å². The lowest BCUT2D eigenvalue weighted by atomic mass is 10.1. The Kier molecular flexibility index (Phi) is 6.94. The number of piperidine rings is 1. The molecule has 0 unspecified atom stereocenters. The molecule has 5 heteroatoms. The van der Waals surface area contributed by atoms with E-state index in [-0.39, 0.29) is 0 Å². The predicted octanol–water partition coefficient (Wildman–Crippen LogP) is 2.62. The molecule has 0 amide bonds. The molecule has 0 aromatic carbocycles. The number of hydrogen-bond donors (Lipinski definition) is 1. The second-order valence-electron chi connectivity index (χ2n) is 3.40. The first-order valence-corrected chi connectivity index (χ1v) is 6.87. The van der Waals surface area contributed by atoms with E-state index in [0.29, 0.717) is 0 Å². The molecule has 1 N–H and O–H groups in total. The van der Waals surface area contributed by atoms with Gasteiger partial charge in [0.2, 0.25) is 0 Å². The Morgan fingerprint density at radius 3 is 2.71 bits per heavy atom. The fraction of sp³-hybridized carbons (Fsp3) is 0.889. The first-order chi connectivity index (χ1) is 6.84. The highest BCUT2D eigenvalue weighted by atomic mass is 35.5. The Labute approximate surface area is 101 Å². The van der Waals surface area contributed by atoms with Crippen molar-refractivity contribution < 1.29 is 0 Å². The van der Waals surface area contributed by atoms with Crippen molar-refractivity contribution in [1.29, 1.82) is 0 Å². The molecule has 2 nitrogen and oxygen atoms in total. The topological polar surface area (TPSA) is 15.3 Å². The molecule has 0 spiro atoms. The van der Waals surface area contributed by atoms with E-state index in [1.54, 1.807) is 11.8 Å². The van der Waals surface area contributed by atoms with Crippen molar-refractivity contribution in [2.45, 2.75) is 25.7 Å². The van der Waals surface area contributed by atoms with E-state index < -0.39 is 0 Å². The van der Waals surface area contributed by atoms with Gasteiger partial charge in [-0.2, -0.15) is 0 Å². The van der Waals surface area contributed by atoms with Gasteiger partial charge in [0.1, 0.15) is 4.32 Å². The molecule has 0 atom stereocenters. The average Bonchev–Trinajstić information content (AvgIpc) is 2.25. The molecule has 0 radical (unpaired) electrons. The Hall–Kier alpha value is 0.490. The molecule has 0 aromatic heterocycles. The summed E-state index contributed by atoms with van der Waals surface area (Å²) in [5.41, 5.74) is 0. The van der Waals surface area contributed by atoms with Gasteiger partial charge in [0.25, 0.3) is 0 Å². The zero-order chi connectivity index (χ0) is 10.2. The van der Waals surface area contributed by atoms with Crippen molar-refractivity contribution in [3.05, 3.63) is 0 Å². The summed E-state index contributed by atoms with van der Waals surface area (Å²) in [5, 5.41) is 0. The van der Waals surface area contributed by atoms with Crippen LogP contribution in [0.25, 0.3) is 0 Å². The zero-order valence-corrected chi connectivity index (χ0v) is 10.7. The number of nitrogens with one attached hydrogen (secondary N) is 1. The van der Waals surface area contributed by atoms with E-state index in [4.69, 9.17) is 24.0 Å². The molecule has 14 heavy (non-hydrogen) atoms. The Bertz CT molecular complexity index is 172. The normalized spacial score (nSPS) is 17.1. The van der Waals surface area contributed by atoms with Gasteiger partial charge in [-0.15, -0.1) is 0 Å². The van der Waals surface area contributed by atoms with Crippen LogP contribution in [0.4, 0.5) is 0 Å². The van der Waals surface area contributed by atoms with Crippen molar-refractivity contribution >= 4 is 40.1 Å².